The fraction of sp³-hybridized carbons (Fsp3) is 0.276. The van der Waals surface area contributed by atoms with Gasteiger partial charge in [-0.25, -0.2) is 13.8 Å². The number of fused-ring (bicyclic) bond motifs is 4. The number of aryl methyl sites for hydroxylation is 2. The molecule has 0 unspecified atom stereocenters. The summed E-state index contributed by atoms with van der Waals surface area (Å²) in [6, 6.07) is 7.21. The van der Waals surface area contributed by atoms with E-state index in [0.29, 0.717) is 65.7 Å². The highest BCUT2D eigenvalue weighted by atomic mass is 35.5. The second kappa shape index (κ2) is 9.78. The number of amides is 1. The highest BCUT2D eigenvalue weighted by Gasteiger charge is 2.40. The van der Waals surface area contributed by atoms with Gasteiger partial charge < -0.3 is 10.1 Å². The summed E-state index contributed by atoms with van der Waals surface area (Å²) in [6.45, 7) is 0.727. The van der Waals surface area contributed by atoms with Crippen LogP contribution in [0.15, 0.2) is 47.5 Å². The number of hydrogen-bond donors (Lipinski definition) is 1. The van der Waals surface area contributed by atoms with Crippen molar-refractivity contribution in [1.29, 1.82) is 0 Å². The van der Waals surface area contributed by atoms with Crippen molar-refractivity contribution in [3.63, 3.8) is 0 Å². The topological polar surface area (TPSA) is 99.0 Å². The largest absolute Gasteiger partial charge is 0.485 e. The first-order valence-corrected chi connectivity index (χ1v) is 13.0. The molecule has 8 nitrogen and oxygen atoms in total. The summed E-state index contributed by atoms with van der Waals surface area (Å²) in [7, 11) is 0. The molecule has 1 N–H and O–H groups in total. The maximum atomic E-state index is 14.3. The summed E-state index contributed by atoms with van der Waals surface area (Å²) in [5.41, 5.74) is 1.81. The van der Waals surface area contributed by atoms with Crippen LogP contribution in [-0.2, 0) is 29.6 Å². The Morgan fingerprint density at radius 1 is 1.10 bits per heavy atom. The first kappa shape index (κ1) is 23.7. The molecule has 4 aromatic rings. The van der Waals surface area contributed by atoms with Gasteiger partial charge in [0.05, 0.1) is 42.8 Å². The Labute approximate surface area is 235 Å². The Kier molecular flexibility index (Phi) is 5.79. The minimum absolute atomic E-state index is 0.149. The molecule has 0 atom stereocenters. The van der Waals surface area contributed by atoms with Crippen LogP contribution in [-0.4, -0.2) is 25.4 Å². The number of carbonyl (C=O) groups excluding carboxylic acids is 1. The lowest BCUT2D eigenvalue weighted by Crippen LogP contribution is -2.27. The Morgan fingerprint density at radius 3 is 2.70 bits per heavy atom. The standard InChI is InChI=1S/C29H24ClF2N5O3/c1-29(2)26-20(36-28(29)39)8-7-19(35-26)21-11-23-15(12-33-21)5-3-4-6-17-10-24(25(30)27(38)37(17)23)40-14-22-18(32)9-16(31)13-34-22/h7-13H,3-6,14H2,1-2H3,(H,36,39)/i14D2. The Bertz CT molecular complexity index is 1850. The number of carbonyl (C=O) groups is 1. The van der Waals surface area contributed by atoms with Gasteiger partial charge in [-0.1, -0.05) is 11.6 Å². The summed E-state index contributed by atoms with van der Waals surface area (Å²) >= 11 is 6.45. The minimum Gasteiger partial charge on any atom is -0.485 e. The predicted molar refractivity (Wildman–Crippen MR) is 145 cm³/mol. The molecule has 0 aromatic carbocycles. The zero-order chi connectivity index (χ0) is 30.0. The molecule has 0 fully saturated rings. The maximum Gasteiger partial charge on any atom is 0.277 e. The molecule has 0 saturated carbocycles. The number of nitrogens with one attached hydrogen (secondary N) is 1. The number of nitrogens with zero attached hydrogens (tertiary/aromatic N) is 4. The third kappa shape index (κ3) is 4.42. The Morgan fingerprint density at radius 2 is 1.90 bits per heavy atom. The third-order valence-electron chi connectivity index (χ3n) is 7.15. The van der Waals surface area contributed by atoms with E-state index < -0.39 is 39.9 Å². The van der Waals surface area contributed by atoms with Gasteiger partial charge in [-0.15, -0.1) is 0 Å². The van der Waals surface area contributed by atoms with Crippen molar-refractivity contribution >= 4 is 23.2 Å². The number of rotatable bonds is 4. The van der Waals surface area contributed by atoms with E-state index in [2.05, 4.69) is 15.3 Å². The van der Waals surface area contributed by atoms with Gasteiger partial charge in [0.2, 0.25) is 5.91 Å². The van der Waals surface area contributed by atoms with Crippen molar-refractivity contribution in [1.82, 2.24) is 19.5 Å². The summed E-state index contributed by atoms with van der Waals surface area (Å²) in [5, 5.41) is 2.41. The van der Waals surface area contributed by atoms with E-state index in [-0.39, 0.29) is 11.7 Å². The van der Waals surface area contributed by atoms with Gasteiger partial charge in [-0.3, -0.25) is 24.1 Å². The van der Waals surface area contributed by atoms with Gasteiger partial charge in [0.1, 0.15) is 28.8 Å². The molecule has 0 aliphatic carbocycles. The zero-order valence-electron chi connectivity index (χ0n) is 23.5. The summed E-state index contributed by atoms with van der Waals surface area (Å²) < 4.78 is 51.0. The van der Waals surface area contributed by atoms with Crippen LogP contribution >= 0.6 is 11.6 Å². The molecule has 0 saturated heterocycles. The summed E-state index contributed by atoms with van der Waals surface area (Å²) in [4.78, 5) is 39.0. The van der Waals surface area contributed by atoms with E-state index in [1.165, 1.54) is 10.6 Å². The van der Waals surface area contributed by atoms with E-state index in [1.807, 2.05) is 0 Å². The molecule has 6 heterocycles. The number of pyridine rings is 4. The summed E-state index contributed by atoms with van der Waals surface area (Å²) in [6.07, 6.45) is 4.98. The molecular formula is C29H24ClF2N5O3. The van der Waals surface area contributed by atoms with Crippen LogP contribution in [0, 0.1) is 11.6 Å². The number of aromatic nitrogens is 4. The minimum atomic E-state index is -2.85. The molecule has 204 valence electrons. The third-order valence-corrected chi connectivity index (χ3v) is 7.50. The lowest BCUT2D eigenvalue weighted by atomic mass is 9.90. The summed E-state index contributed by atoms with van der Waals surface area (Å²) in [5.74, 6) is -2.65. The number of hydrogen-bond acceptors (Lipinski definition) is 6. The van der Waals surface area contributed by atoms with Crippen LogP contribution in [0.2, 0.25) is 5.02 Å². The number of halogens is 3. The molecule has 2 aliphatic heterocycles. The molecule has 4 aromatic heterocycles. The van der Waals surface area contributed by atoms with E-state index in [4.69, 9.17) is 24.1 Å². The first-order chi connectivity index (χ1) is 19.9. The van der Waals surface area contributed by atoms with Crippen LogP contribution in [0.4, 0.5) is 14.5 Å². The van der Waals surface area contributed by atoms with E-state index in [0.717, 1.165) is 12.0 Å². The smallest absolute Gasteiger partial charge is 0.277 e. The van der Waals surface area contributed by atoms with Crippen LogP contribution in [0.25, 0.3) is 17.1 Å². The second-order valence-electron chi connectivity index (χ2n) is 10.2. The molecule has 2 aliphatic rings. The van der Waals surface area contributed by atoms with Crippen molar-refractivity contribution < 1.29 is 21.1 Å². The van der Waals surface area contributed by atoms with Crippen LogP contribution < -0.4 is 15.6 Å². The van der Waals surface area contributed by atoms with Crippen molar-refractivity contribution in [2.45, 2.75) is 51.5 Å². The molecule has 6 rings (SSSR count). The van der Waals surface area contributed by atoms with Gasteiger partial charge in [-0.05, 0) is 63.3 Å². The second-order valence-corrected chi connectivity index (χ2v) is 10.6. The van der Waals surface area contributed by atoms with E-state index in [9.17, 15) is 18.4 Å². The fourth-order valence-corrected chi connectivity index (χ4v) is 5.11. The molecule has 0 radical (unpaired) electrons. The van der Waals surface area contributed by atoms with Crippen LogP contribution in [0.5, 0.6) is 5.75 Å². The van der Waals surface area contributed by atoms with Gasteiger partial charge >= 0.3 is 0 Å². The Hall–Kier alpha value is -4.18. The zero-order valence-corrected chi connectivity index (χ0v) is 22.3. The van der Waals surface area contributed by atoms with Crippen molar-refractivity contribution in [3.8, 4) is 22.8 Å². The van der Waals surface area contributed by atoms with Gasteiger partial charge in [0, 0.05) is 24.0 Å². The molecule has 11 heteroatoms. The maximum absolute atomic E-state index is 14.3. The lowest BCUT2D eigenvalue weighted by molar-refractivity contribution is -0.119. The van der Waals surface area contributed by atoms with Crippen LogP contribution in [0.1, 0.15) is 52.1 Å². The average molecular weight is 566 g/mol. The molecule has 1 amide bonds. The number of ether oxygens (including phenoxy) is 1. The monoisotopic (exact) mass is 565 g/mol. The fourth-order valence-electron chi connectivity index (χ4n) is 4.93. The lowest BCUT2D eigenvalue weighted by Gasteiger charge is -2.22. The first-order valence-electron chi connectivity index (χ1n) is 13.6. The molecule has 0 spiro atoms. The van der Waals surface area contributed by atoms with Crippen molar-refractivity contribution in [2.24, 2.45) is 0 Å². The molecule has 0 bridgehead atoms. The molecular weight excluding hydrogens is 540 g/mol. The highest BCUT2D eigenvalue weighted by molar-refractivity contribution is 6.31. The van der Waals surface area contributed by atoms with E-state index in [1.54, 1.807) is 38.2 Å². The van der Waals surface area contributed by atoms with Crippen molar-refractivity contribution in [2.75, 3.05) is 5.32 Å². The molecule has 40 heavy (non-hydrogen) atoms. The Balaban J connectivity index is 1.44. The van der Waals surface area contributed by atoms with E-state index >= 15 is 0 Å². The average Bonchev–Trinajstić information content (AvgIpc) is 3.15. The quantitative estimate of drug-likeness (QED) is 0.360. The van der Waals surface area contributed by atoms with Crippen molar-refractivity contribution in [3.05, 3.63) is 92.4 Å². The van der Waals surface area contributed by atoms with Crippen LogP contribution in [0.3, 0.4) is 0 Å². The van der Waals surface area contributed by atoms with Gasteiger partial charge in [-0.2, -0.15) is 0 Å². The number of anilines is 1. The SMILES string of the molecule is [2H]C([2H])(Oc1cc2n(c(=O)c1Cl)-c1cc(-c3ccc4c(n3)C(C)(C)C(=O)N4)ncc1CCCC2)c1ncc(F)cc1F. The van der Waals surface area contributed by atoms with Gasteiger partial charge in [0.25, 0.3) is 5.56 Å². The van der Waals surface area contributed by atoms with Gasteiger partial charge in [0.15, 0.2) is 5.82 Å². The predicted octanol–water partition coefficient (Wildman–Crippen LogP) is 5.31. The highest BCUT2D eigenvalue weighted by Crippen LogP contribution is 2.37. The normalized spacial score (nSPS) is 16.5.